The van der Waals surface area contributed by atoms with Crippen molar-refractivity contribution in [3.63, 3.8) is 0 Å². The van der Waals surface area contributed by atoms with Crippen molar-refractivity contribution < 1.29 is 9.59 Å². The highest BCUT2D eigenvalue weighted by Gasteiger charge is 2.27. The van der Waals surface area contributed by atoms with Gasteiger partial charge in [-0.15, -0.1) is 0 Å². The van der Waals surface area contributed by atoms with Crippen LogP contribution in [0.15, 0.2) is 30.3 Å². The summed E-state index contributed by atoms with van der Waals surface area (Å²) in [5.41, 5.74) is 0.698. The zero-order valence-corrected chi connectivity index (χ0v) is 9.35. The van der Waals surface area contributed by atoms with Crippen LogP contribution in [0.4, 0.5) is 0 Å². The number of amides is 1. The average Bonchev–Trinajstić information content (AvgIpc) is 2.29. The fourth-order valence-corrected chi connectivity index (χ4v) is 2.06. The minimum atomic E-state index is 0.0222. The summed E-state index contributed by atoms with van der Waals surface area (Å²) in [6.07, 6.45) is 0.974. The van der Waals surface area contributed by atoms with Crippen LogP contribution in [0.3, 0.4) is 0 Å². The summed E-state index contributed by atoms with van der Waals surface area (Å²) in [4.78, 5) is 25.2. The van der Waals surface area contributed by atoms with E-state index in [4.69, 9.17) is 0 Å². The third kappa shape index (κ3) is 2.13. The van der Waals surface area contributed by atoms with Crippen LogP contribution in [-0.4, -0.2) is 29.2 Å². The Kier molecular flexibility index (Phi) is 3.04. The molecule has 0 unspecified atom stereocenters. The largest absolute Gasteiger partial charge is 0.335 e. The molecule has 1 fully saturated rings. The van der Waals surface area contributed by atoms with Crippen LogP contribution in [0.2, 0.25) is 0 Å². The smallest absolute Gasteiger partial charge is 0.254 e. The Morgan fingerprint density at radius 3 is 2.62 bits per heavy atom. The minimum Gasteiger partial charge on any atom is -0.335 e. The minimum absolute atomic E-state index is 0.0222. The number of carbonyl (C=O) groups excluding carboxylic acids is 2. The lowest BCUT2D eigenvalue weighted by Gasteiger charge is -2.32. The van der Waals surface area contributed by atoms with Crippen molar-refractivity contribution in [2.45, 2.75) is 25.8 Å². The fraction of sp³-hybridized carbons (Fsp3) is 0.385. The Morgan fingerprint density at radius 2 is 2.00 bits per heavy atom. The molecule has 16 heavy (non-hydrogen) atoms. The predicted octanol–water partition coefficient (Wildman–Crippen LogP) is 1.88. The third-order valence-electron chi connectivity index (χ3n) is 2.97. The van der Waals surface area contributed by atoms with Crippen LogP contribution in [0, 0.1) is 0 Å². The highest BCUT2D eigenvalue weighted by molar-refractivity contribution is 5.95. The summed E-state index contributed by atoms with van der Waals surface area (Å²) < 4.78 is 0. The van der Waals surface area contributed by atoms with Gasteiger partial charge in [0.05, 0.1) is 0 Å². The molecular formula is C13H15NO2. The van der Waals surface area contributed by atoms with Crippen molar-refractivity contribution in [1.82, 2.24) is 4.90 Å². The van der Waals surface area contributed by atoms with Gasteiger partial charge in [0.25, 0.3) is 5.91 Å². The van der Waals surface area contributed by atoms with Crippen molar-refractivity contribution in [2.75, 3.05) is 6.54 Å². The first-order chi connectivity index (χ1) is 7.68. The number of likely N-dealkylation sites (tertiary alicyclic amines) is 1. The number of piperidine rings is 1. The van der Waals surface area contributed by atoms with E-state index in [-0.39, 0.29) is 17.7 Å². The molecule has 1 amide bonds. The second-order valence-electron chi connectivity index (χ2n) is 4.21. The number of ketones is 1. The molecule has 3 heteroatoms. The Hall–Kier alpha value is -1.64. The van der Waals surface area contributed by atoms with E-state index in [0.29, 0.717) is 24.9 Å². The summed E-state index contributed by atoms with van der Waals surface area (Å²) in [7, 11) is 0. The molecule has 2 rings (SSSR count). The number of Topliss-reactive ketones (excluding diaryl/α,β-unsaturated/α-hetero) is 1. The van der Waals surface area contributed by atoms with E-state index in [9.17, 15) is 9.59 Å². The SMILES string of the molecule is C[C@@H]1CC(=O)CCN1C(=O)c1ccccc1. The zero-order chi connectivity index (χ0) is 11.5. The van der Waals surface area contributed by atoms with Gasteiger partial charge in [0.1, 0.15) is 5.78 Å². The molecule has 3 nitrogen and oxygen atoms in total. The van der Waals surface area contributed by atoms with E-state index in [2.05, 4.69) is 0 Å². The van der Waals surface area contributed by atoms with Gasteiger partial charge in [-0.2, -0.15) is 0 Å². The maximum absolute atomic E-state index is 12.1. The van der Waals surface area contributed by atoms with Crippen LogP contribution in [-0.2, 0) is 4.79 Å². The normalized spacial score (nSPS) is 20.9. The Morgan fingerprint density at radius 1 is 1.31 bits per heavy atom. The standard InChI is InChI=1S/C13H15NO2/c1-10-9-12(15)7-8-14(10)13(16)11-5-3-2-4-6-11/h2-6,10H,7-9H2,1H3/t10-/m1/s1. The van der Waals surface area contributed by atoms with Gasteiger partial charge in [-0.3, -0.25) is 9.59 Å². The summed E-state index contributed by atoms with van der Waals surface area (Å²) in [6.45, 7) is 2.48. The average molecular weight is 217 g/mol. The monoisotopic (exact) mass is 217 g/mol. The van der Waals surface area contributed by atoms with Gasteiger partial charge in [-0.05, 0) is 19.1 Å². The van der Waals surface area contributed by atoms with Gasteiger partial charge >= 0.3 is 0 Å². The second-order valence-corrected chi connectivity index (χ2v) is 4.21. The lowest BCUT2D eigenvalue weighted by atomic mass is 10.0. The van der Waals surface area contributed by atoms with E-state index in [0.717, 1.165) is 0 Å². The van der Waals surface area contributed by atoms with E-state index in [1.165, 1.54) is 0 Å². The van der Waals surface area contributed by atoms with E-state index < -0.39 is 0 Å². The van der Waals surface area contributed by atoms with Gasteiger partial charge in [-0.1, -0.05) is 18.2 Å². The molecule has 0 aliphatic carbocycles. The van der Waals surface area contributed by atoms with Gasteiger partial charge in [0.2, 0.25) is 0 Å². The first kappa shape index (κ1) is 10.9. The molecule has 1 aromatic rings. The highest BCUT2D eigenvalue weighted by atomic mass is 16.2. The molecule has 1 aliphatic rings. The topological polar surface area (TPSA) is 37.4 Å². The van der Waals surface area contributed by atoms with Crippen molar-refractivity contribution in [3.05, 3.63) is 35.9 Å². The van der Waals surface area contributed by atoms with Crippen LogP contribution in [0.1, 0.15) is 30.1 Å². The van der Waals surface area contributed by atoms with Crippen LogP contribution in [0.25, 0.3) is 0 Å². The molecule has 1 heterocycles. The number of benzene rings is 1. The van der Waals surface area contributed by atoms with E-state index >= 15 is 0 Å². The molecule has 0 spiro atoms. The van der Waals surface area contributed by atoms with Gasteiger partial charge in [0.15, 0.2) is 0 Å². The molecule has 0 N–H and O–H groups in total. The number of hydrogen-bond donors (Lipinski definition) is 0. The van der Waals surface area contributed by atoms with Gasteiger partial charge in [0, 0.05) is 31.0 Å². The fourth-order valence-electron chi connectivity index (χ4n) is 2.06. The molecule has 1 aliphatic heterocycles. The molecular weight excluding hydrogens is 202 g/mol. The Balaban J connectivity index is 2.14. The molecule has 0 aromatic heterocycles. The summed E-state index contributed by atoms with van der Waals surface area (Å²) >= 11 is 0. The van der Waals surface area contributed by atoms with Crippen LogP contribution < -0.4 is 0 Å². The first-order valence-corrected chi connectivity index (χ1v) is 5.56. The molecule has 1 saturated heterocycles. The van der Waals surface area contributed by atoms with Crippen LogP contribution >= 0.6 is 0 Å². The van der Waals surface area contributed by atoms with Crippen molar-refractivity contribution in [1.29, 1.82) is 0 Å². The highest BCUT2D eigenvalue weighted by Crippen LogP contribution is 2.17. The summed E-state index contributed by atoms with van der Waals surface area (Å²) in [5, 5.41) is 0. The third-order valence-corrected chi connectivity index (χ3v) is 2.97. The molecule has 0 radical (unpaired) electrons. The van der Waals surface area contributed by atoms with Gasteiger partial charge < -0.3 is 4.90 Å². The van der Waals surface area contributed by atoms with Crippen molar-refractivity contribution >= 4 is 11.7 Å². The molecule has 0 saturated carbocycles. The number of rotatable bonds is 1. The molecule has 1 atom stereocenters. The van der Waals surface area contributed by atoms with Crippen molar-refractivity contribution in [3.8, 4) is 0 Å². The van der Waals surface area contributed by atoms with Crippen LogP contribution in [0.5, 0.6) is 0 Å². The molecule has 0 bridgehead atoms. The van der Waals surface area contributed by atoms with E-state index in [1.54, 1.807) is 4.90 Å². The Bertz CT molecular complexity index is 400. The summed E-state index contributed by atoms with van der Waals surface area (Å²) in [6, 6.07) is 9.24. The lowest BCUT2D eigenvalue weighted by Crippen LogP contribution is -2.44. The van der Waals surface area contributed by atoms with E-state index in [1.807, 2.05) is 37.3 Å². The number of nitrogens with zero attached hydrogens (tertiary/aromatic N) is 1. The predicted molar refractivity (Wildman–Crippen MR) is 61.2 cm³/mol. The zero-order valence-electron chi connectivity index (χ0n) is 9.35. The quantitative estimate of drug-likeness (QED) is 0.720. The number of hydrogen-bond acceptors (Lipinski definition) is 2. The first-order valence-electron chi connectivity index (χ1n) is 5.56. The maximum atomic E-state index is 12.1. The molecule has 84 valence electrons. The number of carbonyl (C=O) groups is 2. The molecule has 1 aromatic carbocycles. The maximum Gasteiger partial charge on any atom is 0.254 e. The second kappa shape index (κ2) is 4.47. The lowest BCUT2D eigenvalue weighted by molar-refractivity contribution is -0.122. The summed E-state index contributed by atoms with van der Waals surface area (Å²) in [5.74, 6) is 0.283. The Labute approximate surface area is 95.1 Å². The van der Waals surface area contributed by atoms with Crippen molar-refractivity contribution in [2.24, 2.45) is 0 Å². The van der Waals surface area contributed by atoms with Gasteiger partial charge in [-0.25, -0.2) is 0 Å².